The van der Waals surface area contributed by atoms with Crippen LogP contribution in [0.2, 0.25) is 0 Å². The maximum Gasteiger partial charge on any atom is 0.252 e. The molecule has 0 spiro atoms. The second-order valence-corrected chi connectivity index (χ2v) is 8.11. The predicted molar refractivity (Wildman–Crippen MR) is 51.9 cm³/mol. The number of halogens is 2. The molecule has 9 heteroatoms. The van der Waals surface area contributed by atoms with Gasteiger partial charge in [-0.15, -0.1) is 0 Å². The zero-order valence-electron chi connectivity index (χ0n) is 6.70. The molecule has 0 aliphatic heterocycles. The quantitative estimate of drug-likeness (QED) is 0.714. The summed E-state index contributed by atoms with van der Waals surface area (Å²) in [5.41, 5.74) is 0. The molecule has 0 radical (unpaired) electrons. The molecule has 0 aromatic carbocycles. The van der Waals surface area contributed by atoms with Crippen molar-refractivity contribution < 1.29 is 16.8 Å². The zero-order chi connectivity index (χ0) is 10.7. The summed E-state index contributed by atoms with van der Waals surface area (Å²) >= 11 is 0. The summed E-state index contributed by atoms with van der Waals surface area (Å²) in [6.07, 6.45) is 0. The van der Waals surface area contributed by atoms with Crippen LogP contribution in [-0.2, 0) is 18.1 Å². The highest BCUT2D eigenvalue weighted by molar-refractivity contribution is 8.29. The van der Waals surface area contributed by atoms with Crippen molar-refractivity contribution in [3.63, 3.8) is 0 Å². The molecule has 5 nitrogen and oxygen atoms in total. The Hall–Kier alpha value is 0.440. The van der Waals surface area contributed by atoms with E-state index in [0.717, 1.165) is 0 Å². The van der Waals surface area contributed by atoms with Gasteiger partial charge in [0.2, 0.25) is 4.58 Å². The Kier molecular flexibility index (Phi) is 4.95. The van der Waals surface area contributed by atoms with Crippen LogP contribution in [-0.4, -0.2) is 34.5 Å². The van der Waals surface area contributed by atoms with Crippen LogP contribution in [0.15, 0.2) is 0 Å². The molecule has 0 saturated carbocycles. The Morgan fingerprint density at radius 2 is 1.54 bits per heavy atom. The van der Waals surface area contributed by atoms with Crippen molar-refractivity contribution in [1.29, 1.82) is 0 Å². The van der Waals surface area contributed by atoms with E-state index in [1.165, 1.54) is 0 Å². The summed E-state index contributed by atoms with van der Waals surface area (Å²) < 4.78 is 41.2. The molecule has 0 fully saturated rings. The van der Waals surface area contributed by atoms with Crippen LogP contribution in [0.4, 0.5) is 0 Å². The van der Waals surface area contributed by atoms with E-state index in [1.54, 1.807) is 6.92 Å². The Balaban J connectivity index is 4.81. The fourth-order valence-corrected chi connectivity index (χ4v) is 4.77. The number of hydrogen-bond donors (Lipinski definition) is 1. The van der Waals surface area contributed by atoms with Crippen LogP contribution in [0.3, 0.4) is 0 Å². The average molecular weight is 270 g/mol. The molecule has 1 N–H and O–H groups in total. The molecular weight excluding hydrogens is 261 g/mol. The minimum atomic E-state index is -4.21. The third kappa shape index (κ3) is 5.02. The van der Waals surface area contributed by atoms with Crippen LogP contribution < -0.4 is 5.32 Å². The Bertz CT molecular complexity index is 316. The zero-order valence-corrected chi connectivity index (χ0v) is 9.84. The molecule has 0 aliphatic carbocycles. The van der Waals surface area contributed by atoms with Gasteiger partial charge in [-0.25, -0.2) is 16.8 Å². The first kappa shape index (κ1) is 13.4. The first-order valence-corrected chi connectivity index (χ1v) is 8.01. The molecular formula is C4H9Cl2NO4S2. The van der Waals surface area contributed by atoms with E-state index in [1.807, 2.05) is 0 Å². The van der Waals surface area contributed by atoms with E-state index in [0.29, 0.717) is 6.54 Å². The third-order valence-electron chi connectivity index (χ3n) is 1.19. The molecule has 0 aromatic rings. The minimum absolute atomic E-state index is 0.311. The monoisotopic (exact) mass is 269 g/mol. The first-order valence-electron chi connectivity index (χ1n) is 3.27. The van der Waals surface area contributed by atoms with E-state index in [-0.39, 0.29) is 6.54 Å². The van der Waals surface area contributed by atoms with Crippen LogP contribution in [0, 0.1) is 0 Å². The summed E-state index contributed by atoms with van der Waals surface area (Å²) in [5, 5.41) is 2.53. The molecule has 0 rings (SSSR count). The van der Waals surface area contributed by atoms with Gasteiger partial charge in [0.05, 0.1) is 0 Å². The molecule has 0 saturated heterocycles. The van der Waals surface area contributed by atoms with Crippen LogP contribution >= 0.6 is 21.4 Å². The van der Waals surface area contributed by atoms with Gasteiger partial charge in [-0.3, -0.25) is 0 Å². The maximum atomic E-state index is 10.7. The second kappa shape index (κ2) is 4.79. The van der Waals surface area contributed by atoms with Gasteiger partial charge in [0.15, 0.2) is 0 Å². The fraction of sp³-hybridized carbons (Fsp3) is 1.00. The minimum Gasteiger partial charge on any atom is -0.315 e. The lowest BCUT2D eigenvalue weighted by Crippen LogP contribution is -2.35. The van der Waals surface area contributed by atoms with Gasteiger partial charge in [0, 0.05) is 27.9 Å². The van der Waals surface area contributed by atoms with Gasteiger partial charge < -0.3 is 5.32 Å². The summed E-state index contributed by atoms with van der Waals surface area (Å²) in [7, 11) is 1.37. The second-order valence-electron chi connectivity index (χ2n) is 2.19. The van der Waals surface area contributed by atoms with Gasteiger partial charge in [-0.1, -0.05) is 6.92 Å². The average Bonchev–Trinajstić information content (AvgIpc) is 1.81. The normalized spacial score (nSPS) is 13.5. The molecule has 0 heterocycles. The van der Waals surface area contributed by atoms with E-state index in [9.17, 15) is 16.8 Å². The van der Waals surface area contributed by atoms with Crippen molar-refractivity contribution in [2.24, 2.45) is 0 Å². The largest absolute Gasteiger partial charge is 0.315 e. The highest BCUT2D eigenvalue weighted by Crippen LogP contribution is 2.17. The van der Waals surface area contributed by atoms with Crippen molar-refractivity contribution in [3.8, 4) is 0 Å². The highest BCUT2D eigenvalue weighted by Gasteiger charge is 2.34. The Morgan fingerprint density at radius 1 is 1.15 bits per heavy atom. The van der Waals surface area contributed by atoms with Crippen LogP contribution in [0.1, 0.15) is 6.92 Å². The fourth-order valence-electron chi connectivity index (χ4n) is 0.599. The standard InChI is InChI=1S/C4H9Cl2NO4S2/c1-2-7-3-4(12(5,8)9)13(6,10)11/h4,7H,2-3H2,1H3. The van der Waals surface area contributed by atoms with Crippen LogP contribution in [0.5, 0.6) is 0 Å². The summed E-state index contributed by atoms with van der Waals surface area (Å²) in [5.74, 6) is 0. The lowest BCUT2D eigenvalue weighted by Gasteiger charge is -2.09. The van der Waals surface area contributed by atoms with Crippen molar-refractivity contribution in [1.82, 2.24) is 5.32 Å². The van der Waals surface area contributed by atoms with E-state index in [4.69, 9.17) is 21.4 Å². The summed E-state index contributed by atoms with van der Waals surface area (Å²) in [6.45, 7) is 1.81. The van der Waals surface area contributed by atoms with Gasteiger partial charge >= 0.3 is 0 Å². The van der Waals surface area contributed by atoms with E-state index >= 15 is 0 Å². The Labute approximate surface area is 86.2 Å². The van der Waals surface area contributed by atoms with E-state index in [2.05, 4.69) is 5.32 Å². The first-order chi connectivity index (χ1) is 5.69. The van der Waals surface area contributed by atoms with Gasteiger partial charge in [0.1, 0.15) is 0 Å². The lowest BCUT2D eigenvalue weighted by molar-refractivity contribution is 0.582. The van der Waals surface area contributed by atoms with Crippen LogP contribution in [0.25, 0.3) is 0 Å². The SMILES string of the molecule is CCNCC(S(=O)(=O)Cl)S(=O)(=O)Cl. The van der Waals surface area contributed by atoms with Crippen molar-refractivity contribution in [2.75, 3.05) is 13.1 Å². The number of rotatable bonds is 5. The molecule has 0 atom stereocenters. The topological polar surface area (TPSA) is 80.3 Å². The molecule has 0 unspecified atom stereocenters. The highest BCUT2D eigenvalue weighted by atomic mass is 35.7. The van der Waals surface area contributed by atoms with Gasteiger partial charge in [-0.2, -0.15) is 0 Å². The van der Waals surface area contributed by atoms with Crippen molar-refractivity contribution in [2.45, 2.75) is 11.5 Å². The van der Waals surface area contributed by atoms with Gasteiger partial charge in [0.25, 0.3) is 18.1 Å². The molecule has 80 valence electrons. The molecule has 0 amide bonds. The van der Waals surface area contributed by atoms with Gasteiger partial charge in [-0.05, 0) is 6.54 Å². The molecule has 0 aromatic heterocycles. The number of nitrogens with one attached hydrogen (secondary N) is 1. The van der Waals surface area contributed by atoms with Crippen molar-refractivity contribution in [3.05, 3.63) is 0 Å². The molecule has 0 aliphatic rings. The molecule has 13 heavy (non-hydrogen) atoms. The smallest absolute Gasteiger partial charge is 0.252 e. The predicted octanol–water partition coefficient (Wildman–Crippen LogP) is 0.0592. The van der Waals surface area contributed by atoms with E-state index < -0.39 is 22.7 Å². The Morgan fingerprint density at radius 3 is 1.77 bits per heavy atom. The summed E-state index contributed by atoms with van der Waals surface area (Å²) in [6, 6.07) is 0. The molecule has 0 bridgehead atoms. The lowest BCUT2D eigenvalue weighted by atomic mass is 10.7. The van der Waals surface area contributed by atoms with Crippen molar-refractivity contribution >= 4 is 39.5 Å². The maximum absolute atomic E-state index is 10.7. The number of hydrogen-bond acceptors (Lipinski definition) is 5. The summed E-state index contributed by atoms with van der Waals surface area (Å²) in [4.78, 5) is 0. The third-order valence-corrected chi connectivity index (χ3v) is 6.22.